The molecule has 2 aromatic carbocycles. The second-order valence-corrected chi connectivity index (χ2v) is 7.65. The number of para-hydroxylation sites is 1. The smallest absolute Gasteiger partial charge is 0.266 e. The molecule has 0 spiro atoms. The van der Waals surface area contributed by atoms with E-state index in [1.165, 1.54) is 11.8 Å². The highest BCUT2D eigenvalue weighted by Crippen LogP contribution is 2.34. The molecular formula is C21H21ClN2O2S. The number of hydrogen-bond acceptors (Lipinski definition) is 4. The van der Waals surface area contributed by atoms with E-state index in [0.29, 0.717) is 20.8 Å². The van der Waals surface area contributed by atoms with Crippen molar-refractivity contribution >= 4 is 46.2 Å². The van der Waals surface area contributed by atoms with Gasteiger partial charge in [0, 0.05) is 7.05 Å². The Kier molecular flexibility index (Phi) is 6.24. The first-order chi connectivity index (χ1) is 13.0. The topological polar surface area (TPSA) is 41.9 Å². The monoisotopic (exact) mass is 400 g/mol. The number of benzene rings is 2. The molecular weight excluding hydrogens is 380 g/mol. The van der Waals surface area contributed by atoms with Crippen LogP contribution in [-0.4, -0.2) is 29.1 Å². The van der Waals surface area contributed by atoms with Crippen LogP contribution in [0.25, 0.3) is 6.08 Å². The lowest BCUT2D eigenvalue weighted by Gasteiger charge is -2.14. The van der Waals surface area contributed by atoms with E-state index >= 15 is 0 Å². The molecule has 1 fully saturated rings. The fourth-order valence-corrected chi connectivity index (χ4v) is 3.64. The molecule has 1 amide bonds. The number of aliphatic imine (C=N–C) groups is 1. The van der Waals surface area contributed by atoms with Crippen molar-refractivity contribution < 1.29 is 9.53 Å². The first kappa shape index (κ1) is 19.5. The van der Waals surface area contributed by atoms with Crippen LogP contribution >= 0.6 is 23.4 Å². The average molecular weight is 401 g/mol. The van der Waals surface area contributed by atoms with Crippen LogP contribution in [0.1, 0.15) is 25.8 Å². The van der Waals surface area contributed by atoms with Gasteiger partial charge in [-0.15, -0.1) is 0 Å². The van der Waals surface area contributed by atoms with Gasteiger partial charge in [0.1, 0.15) is 5.75 Å². The summed E-state index contributed by atoms with van der Waals surface area (Å²) in [5.74, 6) is 0.577. The van der Waals surface area contributed by atoms with Gasteiger partial charge in [-0.25, -0.2) is 4.99 Å². The van der Waals surface area contributed by atoms with Gasteiger partial charge in [0.25, 0.3) is 5.91 Å². The summed E-state index contributed by atoms with van der Waals surface area (Å²) in [5.41, 5.74) is 1.66. The number of amidine groups is 1. The molecule has 140 valence electrons. The summed E-state index contributed by atoms with van der Waals surface area (Å²) in [4.78, 5) is 19.3. The Morgan fingerprint density at radius 2 is 2.00 bits per heavy atom. The van der Waals surface area contributed by atoms with Crippen molar-refractivity contribution in [2.24, 2.45) is 4.99 Å². The minimum atomic E-state index is -0.0780. The van der Waals surface area contributed by atoms with Gasteiger partial charge in [-0.3, -0.25) is 9.69 Å². The van der Waals surface area contributed by atoms with Gasteiger partial charge in [0.05, 0.1) is 21.7 Å². The lowest BCUT2D eigenvalue weighted by Crippen LogP contribution is -2.23. The Morgan fingerprint density at radius 3 is 2.67 bits per heavy atom. The minimum Gasteiger partial charge on any atom is -0.489 e. The summed E-state index contributed by atoms with van der Waals surface area (Å²) < 4.78 is 5.79. The molecule has 1 heterocycles. The Morgan fingerprint density at radius 1 is 1.26 bits per heavy atom. The Labute approximate surface area is 168 Å². The quantitative estimate of drug-likeness (QED) is 0.600. The molecule has 3 rings (SSSR count). The molecule has 1 atom stereocenters. The normalized spacial score (nSPS) is 18.4. The number of carbonyl (C=O) groups excluding carboxylic acids is 1. The van der Waals surface area contributed by atoms with Crippen LogP contribution in [0.4, 0.5) is 5.69 Å². The molecule has 27 heavy (non-hydrogen) atoms. The van der Waals surface area contributed by atoms with Gasteiger partial charge in [0.2, 0.25) is 0 Å². The van der Waals surface area contributed by atoms with Crippen LogP contribution in [0.5, 0.6) is 5.75 Å². The minimum absolute atomic E-state index is 0.0780. The van der Waals surface area contributed by atoms with Crippen molar-refractivity contribution in [3.8, 4) is 5.75 Å². The maximum atomic E-state index is 12.5. The van der Waals surface area contributed by atoms with E-state index in [1.54, 1.807) is 11.9 Å². The van der Waals surface area contributed by atoms with E-state index in [4.69, 9.17) is 16.3 Å². The molecule has 0 N–H and O–H groups in total. The third kappa shape index (κ3) is 4.73. The predicted molar refractivity (Wildman–Crippen MR) is 114 cm³/mol. The van der Waals surface area contributed by atoms with Gasteiger partial charge in [-0.1, -0.05) is 42.8 Å². The molecule has 1 saturated heterocycles. The van der Waals surface area contributed by atoms with Crippen LogP contribution in [0.3, 0.4) is 0 Å². The van der Waals surface area contributed by atoms with Crippen molar-refractivity contribution in [3.63, 3.8) is 0 Å². The summed E-state index contributed by atoms with van der Waals surface area (Å²) in [7, 11) is 1.73. The lowest BCUT2D eigenvalue weighted by atomic mass is 10.2. The molecule has 0 unspecified atom stereocenters. The van der Waals surface area contributed by atoms with Crippen molar-refractivity contribution in [3.05, 3.63) is 64.0 Å². The third-order valence-corrected chi connectivity index (χ3v) is 5.50. The summed E-state index contributed by atoms with van der Waals surface area (Å²) in [5, 5.41) is 1.19. The molecule has 6 heteroatoms. The number of ether oxygens (including phenoxy) is 1. The maximum Gasteiger partial charge on any atom is 0.266 e. The third-order valence-electron chi connectivity index (χ3n) is 4.14. The van der Waals surface area contributed by atoms with E-state index in [-0.39, 0.29) is 12.0 Å². The average Bonchev–Trinajstić information content (AvgIpc) is 2.92. The Hall–Kier alpha value is -2.24. The van der Waals surface area contributed by atoms with Gasteiger partial charge < -0.3 is 4.74 Å². The van der Waals surface area contributed by atoms with Crippen LogP contribution in [0, 0.1) is 0 Å². The second-order valence-electron chi connectivity index (χ2n) is 6.23. The van der Waals surface area contributed by atoms with Gasteiger partial charge in [-0.05, 0) is 61.0 Å². The summed E-state index contributed by atoms with van der Waals surface area (Å²) in [6, 6.07) is 15.1. The van der Waals surface area contributed by atoms with Crippen LogP contribution < -0.4 is 4.74 Å². The Bertz CT molecular complexity index is 896. The maximum absolute atomic E-state index is 12.5. The van der Waals surface area contributed by atoms with Gasteiger partial charge >= 0.3 is 0 Å². The van der Waals surface area contributed by atoms with Gasteiger partial charge in [0.15, 0.2) is 5.17 Å². The molecule has 0 radical (unpaired) electrons. The fraction of sp³-hybridized carbons (Fsp3) is 0.238. The van der Waals surface area contributed by atoms with Crippen molar-refractivity contribution in [1.82, 2.24) is 4.90 Å². The molecule has 0 saturated carbocycles. The molecule has 0 aliphatic carbocycles. The lowest BCUT2D eigenvalue weighted by molar-refractivity contribution is -0.121. The molecule has 4 nitrogen and oxygen atoms in total. The first-order valence-electron chi connectivity index (χ1n) is 8.75. The highest BCUT2D eigenvalue weighted by atomic mass is 35.5. The molecule has 1 aliphatic rings. The van der Waals surface area contributed by atoms with Crippen LogP contribution in [-0.2, 0) is 4.79 Å². The number of rotatable bonds is 5. The standard InChI is InChI=1S/C21H21ClN2O2S/c1-4-14(2)26-18-11-10-15(12-17(18)22)13-19-20(25)24(3)21(27-19)23-16-8-6-5-7-9-16/h5-14H,4H2,1-3H3/b19-13-,23-21?/t14-/m0/s1. The zero-order valence-electron chi connectivity index (χ0n) is 15.5. The van der Waals surface area contributed by atoms with E-state index in [0.717, 1.165) is 17.7 Å². The van der Waals surface area contributed by atoms with Crippen molar-refractivity contribution in [2.45, 2.75) is 26.4 Å². The summed E-state index contributed by atoms with van der Waals surface area (Å²) >= 11 is 7.69. The van der Waals surface area contributed by atoms with Gasteiger partial charge in [-0.2, -0.15) is 0 Å². The summed E-state index contributed by atoms with van der Waals surface area (Å²) in [6.45, 7) is 4.06. The number of nitrogens with zero attached hydrogens (tertiary/aromatic N) is 2. The molecule has 0 aromatic heterocycles. The first-order valence-corrected chi connectivity index (χ1v) is 9.95. The van der Waals surface area contributed by atoms with Crippen molar-refractivity contribution in [1.29, 1.82) is 0 Å². The largest absolute Gasteiger partial charge is 0.489 e. The number of carbonyl (C=O) groups is 1. The van der Waals surface area contributed by atoms with E-state index in [9.17, 15) is 4.79 Å². The van der Waals surface area contributed by atoms with Crippen LogP contribution in [0.2, 0.25) is 5.02 Å². The summed E-state index contributed by atoms with van der Waals surface area (Å²) in [6.07, 6.45) is 2.84. The Balaban J connectivity index is 1.82. The SMILES string of the molecule is CC[C@H](C)Oc1ccc(/C=C2\SC(=Nc3ccccc3)N(C)C2=O)cc1Cl. The number of amides is 1. The number of halogens is 1. The number of thioether (sulfide) groups is 1. The molecule has 0 bridgehead atoms. The number of likely N-dealkylation sites (N-methyl/N-ethyl adjacent to an activating group) is 1. The highest BCUT2D eigenvalue weighted by Gasteiger charge is 2.30. The van der Waals surface area contributed by atoms with Crippen molar-refractivity contribution in [2.75, 3.05) is 7.05 Å². The van der Waals surface area contributed by atoms with E-state index in [2.05, 4.69) is 11.9 Å². The zero-order valence-corrected chi connectivity index (χ0v) is 17.1. The van der Waals surface area contributed by atoms with E-state index < -0.39 is 0 Å². The fourth-order valence-electron chi connectivity index (χ4n) is 2.42. The van der Waals surface area contributed by atoms with E-state index in [1.807, 2.05) is 61.5 Å². The highest BCUT2D eigenvalue weighted by molar-refractivity contribution is 8.18. The van der Waals surface area contributed by atoms with Crippen LogP contribution in [0.15, 0.2) is 58.4 Å². The molecule has 1 aliphatic heterocycles. The zero-order chi connectivity index (χ0) is 19.4. The molecule has 2 aromatic rings. The number of hydrogen-bond donors (Lipinski definition) is 0. The second kappa shape index (κ2) is 8.63. The predicted octanol–water partition coefficient (Wildman–Crippen LogP) is 5.75.